The maximum atomic E-state index is 12.5. The molecule has 0 bridgehead atoms. The average molecular weight is 412 g/mol. The summed E-state index contributed by atoms with van der Waals surface area (Å²) in [6.45, 7) is 9.47. The van der Waals surface area contributed by atoms with E-state index >= 15 is 0 Å². The number of carbonyl (C=O) groups excluding carboxylic acids is 1. The summed E-state index contributed by atoms with van der Waals surface area (Å²) in [5.74, 6) is 1.77. The Morgan fingerprint density at radius 2 is 1.72 bits per heavy atom. The van der Waals surface area contributed by atoms with E-state index in [1.807, 2.05) is 60.7 Å². The lowest BCUT2D eigenvalue weighted by Crippen LogP contribution is -2.49. The summed E-state index contributed by atoms with van der Waals surface area (Å²) in [5.41, 5.74) is 0.876. The monoisotopic (exact) mass is 411 g/mol. The van der Waals surface area contributed by atoms with E-state index in [-0.39, 0.29) is 5.91 Å². The van der Waals surface area contributed by atoms with E-state index in [9.17, 15) is 4.79 Å². The maximum Gasteiger partial charge on any atom is 0.238 e. The van der Waals surface area contributed by atoms with Gasteiger partial charge in [0.25, 0.3) is 0 Å². The summed E-state index contributed by atoms with van der Waals surface area (Å²) in [6, 6.07) is 17.8. The Balaban J connectivity index is 1.37. The molecular weight excluding hydrogens is 382 g/mol. The maximum absolute atomic E-state index is 12.5. The molecule has 2 aromatic rings. The first-order valence-electron chi connectivity index (χ1n) is 10.00. The van der Waals surface area contributed by atoms with Crippen LogP contribution in [0, 0.1) is 0 Å². The van der Waals surface area contributed by atoms with Crippen LogP contribution in [0.2, 0.25) is 0 Å². The molecule has 1 aliphatic rings. The quantitative estimate of drug-likeness (QED) is 0.478. The molecule has 5 nitrogen and oxygen atoms in total. The van der Waals surface area contributed by atoms with Gasteiger partial charge >= 0.3 is 0 Å². The van der Waals surface area contributed by atoms with Crippen molar-refractivity contribution >= 4 is 23.4 Å². The van der Waals surface area contributed by atoms with Gasteiger partial charge in [-0.05, 0) is 24.3 Å². The molecule has 0 unspecified atom stereocenters. The number of anilines is 1. The Bertz CT molecular complexity index is 777. The van der Waals surface area contributed by atoms with Crippen LogP contribution >= 0.6 is 11.8 Å². The molecule has 2 aromatic carbocycles. The van der Waals surface area contributed by atoms with Crippen LogP contribution in [0.25, 0.3) is 0 Å². The Morgan fingerprint density at radius 1 is 1.03 bits per heavy atom. The highest BCUT2D eigenvalue weighted by atomic mass is 32.2. The van der Waals surface area contributed by atoms with Crippen LogP contribution in [0.5, 0.6) is 5.75 Å². The van der Waals surface area contributed by atoms with Gasteiger partial charge in [-0.25, -0.2) is 0 Å². The number of thioether (sulfide) groups is 1. The molecule has 1 fully saturated rings. The highest BCUT2D eigenvalue weighted by molar-refractivity contribution is 7.99. The van der Waals surface area contributed by atoms with Crippen LogP contribution in [-0.4, -0.2) is 67.3 Å². The number of nitrogens with one attached hydrogen (secondary N) is 1. The fraction of sp³-hybridized carbons (Fsp3) is 0.348. The minimum absolute atomic E-state index is 0.0394. The van der Waals surface area contributed by atoms with Crippen molar-refractivity contribution in [3.05, 3.63) is 67.3 Å². The fourth-order valence-corrected chi connectivity index (χ4v) is 3.96. The van der Waals surface area contributed by atoms with Gasteiger partial charge in [0.05, 0.1) is 12.2 Å². The molecule has 0 spiro atoms. The highest BCUT2D eigenvalue weighted by Crippen LogP contribution is 2.26. The predicted octanol–water partition coefficient (Wildman–Crippen LogP) is 3.60. The summed E-state index contributed by atoms with van der Waals surface area (Å²) >= 11 is 1.68. The van der Waals surface area contributed by atoms with Crippen LogP contribution in [0.15, 0.2) is 72.1 Å². The molecule has 0 saturated carbocycles. The number of ether oxygens (including phenoxy) is 1. The van der Waals surface area contributed by atoms with E-state index in [0.717, 1.165) is 54.8 Å². The molecule has 3 rings (SSSR count). The number of benzene rings is 2. The van der Waals surface area contributed by atoms with Crippen molar-refractivity contribution in [1.29, 1.82) is 0 Å². The molecule has 1 heterocycles. The van der Waals surface area contributed by atoms with Crippen LogP contribution in [0.3, 0.4) is 0 Å². The molecule has 1 saturated heterocycles. The molecule has 0 aliphatic carbocycles. The third-order valence-electron chi connectivity index (χ3n) is 4.77. The minimum atomic E-state index is 0.0394. The largest absolute Gasteiger partial charge is 0.492 e. The van der Waals surface area contributed by atoms with E-state index in [1.165, 1.54) is 0 Å². The first kappa shape index (κ1) is 21.4. The Morgan fingerprint density at radius 3 is 2.48 bits per heavy atom. The van der Waals surface area contributed by atoms with Crippen molar-refractivity contribution < 1.29 is 9.53 Å². The summed E-state index contributed by atoms with van der Waals surface area (Å²) in [4.78, 5) is 18.2. The van der Waals surface area contributed by atoms with Crippen LogP contribution < -0.4 is 10.1 Å². The van der Waals surface area contributed by atoms with Crippen molar-refractivity contribution in [3.63, 3.8) is 0 Å². The van der Waals surface area contributed by atoms with Crippen LogP contribution in [0.1, 0.15) is 0 Å². The van der Waals surface area contributed by atoms with E-state index in [1.54, 1.807) is 11.8 Å². The molecule has 1 aliphatic heterocycles. The first-order valence-corrected chi connectivity index (χ1v) is 11.0. The van der Waals surface area contributed by atoms with Crippen molar-refractivity contribution in [1.82, 2.24) is 9.80 Å². The van der Waals surface area contributed by atoms with E-state index in [2.05, 4.69) is 21.7 Å². The van der Waals surface area contributed by atoms with Gasteiger partial charge in [-0.2, -0.15) is 0 Å². The molecule has 0 radical (unpaired) electrons. The normalized spacial score (nSPS) is 15.0. The molecular formula is C23H29N3O2S. The zero-order valence-corrected chi connectivity index (χ0v) is 17.6. The SMILES string of the molecule is C=CCSc1ccccc1NC(=O)CN1CCN(CCOc2ccccc2)CC1. The second kappa shape index (κ2) is 11.7. The van der Waals surface area contributed by atoms with Gasteiger partial charge < -0.3 is 10.1 Å². The molecule has 0 aromatic heterocycles. The Hall–Kier alpha value is -2.28. The van der Waals surface area contributed by atoms with Gasteiger partial charge in [0.15, 0.2) is 0 Å². The zero-order chi connectivity index (χ0) is 20.3. The van der Waals surface area contributed by atoms with Crippen LogP contribution in [0.4, 0.5) is 5.69 Å². The summed E-state index contributed by atoms with van der Waals surface area (Å²) in [7, 11) is 0. The lowest BCUT2D eigenvalue weighted by atomic mass is 10.3. The van der Waals surface area contributed by atoms with E-state index < -0.39 is 0 Å². The predicted molar refractivity (Wildman–Crippen MR) is 121 cm³/mol. The molecule has 6 heteroatoms. The second-order valence-corrected chi connectivity index (χ2v) is 7.99. The minimum Gasteiger partial charge on any atom is -0.492 e. The van der Waals surface area contributed by atoms with Gasteiger partial charge in [-0.1, -0.05) is 36.4 Å². The Labute approximate surface area is 177 Å². The molecule has 29 heavy (non-hydrogen) atoms. The zero-order valence-electron chi connectivity index (χ0n) is 16.8. The molecule has 1 amide bonds. The lowest BCUT2D eigenvalue weighted by Gasteiger charge is -2.34. The van der Waals surface area contributed by atoms with Gasteiger partial charge in [0.2, 0.25) is 5.91 Å². The van der Waals surface area contributed by atoms with E-state index in [4.69, 9.17) is 4.74 Å². The van der Waals surface area contributed by atoms with E-state index in [0.29, 0.717) is 13.2 Å². The molecule has 1 N–H and O–H groups in total. The number of hydrogen-bond donors (Lipinski definition) is 1. The lowest BCUT2D eigenvalue weighted by molar-refractivity contribution is -0.117. The summed E-state index contributed by atoms with van der Waals surface area (Å²) in [5, 5.41) is 3.06. The van der Waals surface area contributed by atoms with Gasteiger partial charge in [0, 0.05) is 43.4 Å². The Kier molecular flexibility index (Phi) is 8.61. The number of rotatable bonds is 10. The molecule has 0 atom stereocenters. The van der Waals surface area contributed by atoms with Crippen molar-refractivity contribution in [2.45, 2.75) is 4.90 Å². The van der Waals surface area contributed by atoms with Crippen LogP contribution in [-0.2, 0) is 4.79 Å². The third-order valence-corrected chi connectivity index (χ3v) is 5.84. The van der Waals surface area contributed by atoms with Gasteiger partial charge in [-0.15, -0.1) is 18.3 Å². The summed E-state index contributed by atoms with van der Waals surface area (Å²) < 4.78 is 5.78. The number of nitrogens with zero attached hydrogens (tertiary/aromatic N) is 2. The fourth-order valence-electron chi connectivity index (χ4n) is 3.22. The highest BCUT2D eigenvalue weighted by Gasteiger charge is 2.19. The number of hydrogen-bond acceptors (Lipinski definition) is 5. The van der Waals surface area contributed by atoms with Crippen molar-refractivity contribution in [2.24, 2.45) is 0 Å². The standard InChI is InChI=1S/C23H29N3O2S/c1-2-18-29-22-11-7-6-10-21(22)24-23(27)19-26-14-12-25(13-15-26)16-17-28-20-8-4-3-5-9-20/h2-11H,1,12-19H2,(H,24,27). The van der Waals surface area contributed by atoms with Crippen molar-refractivity contribution in [2.75, 3.05) is 56.9 Å². The smallest absolute Gasteiger partial charge is 0.238 e. The molecule has 154 valence electrons. The number of carbonyl (C=O) groups is 1. The number of piperazine rings is 1. The third kappa shape index (κ3) is 7.24. The van der Waals surface area contributed by atoms with Gasteiger partial charge in [0.1, 0.15) is 12.4 Å². The average Bonchev–Trinajstić information content (AvgIpc) is 2.75. The van der Waals surface area contributed by atoms with Gasteiger partial charge in [-0.3, -0.25) is 14.6 Å². The second-order valence-electron chi connectivity index (χ2n) is 6.92. The summed E-state index contributed by atoms with van der Waals surface area (Å²) in [6.07, 6.45) is 1.87. The number of para-hydroxylation sites is 2. The topological polar surface area (TPSA) is 44.8 Å². The first-order chi connectivity index (χ1) is 14.2. The number of amides is 1. The van der Waals surface area contributed by atoms with Crippen molar-refractivity contribution in [3.8, 4) is 5.75 Å².